The highest BCUT2D eigenvalue weighted by atomic mass is 35.5. The second-order valence-corrected chi connectivity index (χ2v) is 6.20. The van der Waals surface area contributed by atoms with Gasteiger partial charge in [0.15, 0.2) is 5.13 Å². The molecule has 0 spiro atoms. The molecule has 24 heavy (non-hydrogen) atoms. The van der Waals surface area contributed by atoms with Crippen molar-refractivity contribution < 1.29 is 18.0 Å². The summed E-state index contributed by atoms with van der Waals surface area (Å²) in [5.74, 6) is 0. The predicted molar refractivity (Wildman–Crippen MR) is 88.7 cm³/mol. The van der Waals surface area contributed by atoms with Crippen LogP contribution in [0, 0.1) is 0 Å². The minimum Gasteiger partial charge on any atom is -0.308 e. The van der Waals surface area contributed by atoms with E-state index in [0.717, 1.165) is 22.3 Å². The summed E-state index contributed by atoms with van der Waals surface area (Å²) in [5.41, 5.74) is -0.309. The molecule has 0 bridgehead atoms. The van der Waals surface area contributed by atoms with Gasteiger partial charge in [-0.25, -0.2) is 9.78 Å². The fourth-order valence-corrected chi connectivity index (χ4v) is 3.09. The number of benzene rings is 2. The van der Waals surface area contributed by atoms with Gasteiger partial charge in [0.25, 0.3) is 0 Å². The first kappa shape index (κ1) is 16.5. The average molecular weight is 372 g/mol. The Morgan fingerprint density at radius 1 is 1.12 bits per heavy atom. The van der Waals surface area contributed by atoms with Crippen molar-refractivity contribution in [1.29, 1.82) is 0 Å². The van der Waals surface area contributed by atoms with Crippen LogP contribution in [0.3, 0.4) is 0 Å². The maximum atomic E-state index is 12.8. The molecule has 4 nitrogen and oxygen atoms in total. The Morgan fingerprint density at radius 2 is 1.88 bits per heavy atom. The van der Waals surface area contributed by atoms with Gasteiger partial charge in [-0.05, 0) is 30.3 Å². The smallest absolute Gasteiger partial charge is 0.308 e. The van der Waals surface area contributed by atoms with E-state index in [2.05, 4.69) is 15.6 Å². The summed E-state index contributed by atoms with van der Waals surface area (Å²) in [7, 11) is 0. The van der Waals surface area contributed by atoms with E-state index in [1.165, 1.54) is 17.4 Å². The number of hydrogen-bond donors (Lipinski definition) is 2. The third-order valence-corrected chi connectivity index (χ3v) is 4.33. The van der Waals surface area contributed by atoms with E-state index in [-0.39, 0.29) is 5.69 Å². The number of aromatic nitrogens is 1. The average Bonchev–Trinajstić information content (AvgIpc) is 2.90. The van der Waals surface area contributed by atoms with Crippen LogP contribution >= 0.6 is 22.9 Å². The van der Waals surface area contributed by atoms with Crippen molar-refractivity contribution in [3.05, 3.63) is 53.1 Å². The quantitative estimate of drug-likeness (QED) is 0.615. The van der Waals surface area contributed by atoms with Crippen molar-refractivity contribution in [2.75, 3.05) is 10.6 Å². The molecule has 3 aromatic rings. The summed E-state index contributed by atoms with van der Waals surface area (Å²) in [4.78, 5) is 16.1. The van der Waals surface area contributed by atoms with Gasteiger partial charge in [0.1, 0.15) is 0 Å². The van der Waals surface area contributed by atoms with Crippen LogP contribution in [0.2, 0.25) is 5.02 Å². The number of hydrogen-bond acceptors (Lipinski definition) is 3. The zero-order valence-electron chi connectivity index (χ0n) is 11.8. The van der Waals surface area contributed by atoms with E-state index in [4.69, 9.17) is 11.6 Å². The maximum Gasteiger partial charge on any atom is 0.417 e. The Balaban J connectivity index is 1.75. The molecule has 0 saturated carbocycles. The lowest BCUT2D eigenvalue weighted by molar-refractivity contribution is -0.137. The number of anilines is 2. The molecule has 0 unspecified atom stereocenters. The van der Waals surface area contributed by atoms with Crippen molar-refractivity contribution in [2.45, 2.75) is 6.18 Å². The van der Waals surface area contributed by atoms with Gasteiger partial charge in [0.2, 0.25) is 0 Å². The monoisotopic (exact) mass is 371 g/mol. The molecular weight excluding hydrogens is 363 g/mol. The number of para-hydroxylation sites is 1. The zero-order chi connectivity index (χ0) is 17.3. The number of carbonyl (C=O) groups excluding carboxylic acids is 1. The number of nitrogens with zero attached hydrogens (tertiary/aromatic N) is 1. The van der Waals surface area contributed by atoms with E-state index in [9.17, 15) is 18.0 Å². The maximum absolute atomic E-state index is 12.8. The number of halogens is 4. The number of carbonyl (C=O) groups is 1. The van der Waals surface area contributed by atoms with Gasteiger partial charge >= 0.3 is 12.2 Å². The van der Waals surface area contributed by atoms with E-state index in [0.29, 0.717) is 5.13 Å². The molecule has 2 aromatic carbocycles. The summed E-state index contributed by atoms with van der Waals surface area (Å²) in [6, 6.07) is 9.77. The summed E-state index contributed by atoms with van der Waals surface area (Å²) < 4.78 is 39.3. The number of thiazole rings is 1. The first-order valence-electron chi connectivity index (χ1n) is 6.63. The lowest BCUT2D eigenvalue weighted by Crippen LogP contribution is -2.19. The number of urea groups is 1. The second kappa shape index (κ2) is 6.29. The van der Waals surface area contributed by atoms with Crippen LogP contribution in [-0.2, 0) is 6.18 Å². The standard InChI is InChI=1S/C15H9ClF3N3OS/c16-10-6-5-8(7-9(10)15(17,18)19)20-13(23)22-14-21-11-3-1-2-4-12(11)24-14/h1-7H,(H2,20,21,22,23). The molecule has 0 fully saturated rings. The molecule has 2 amide bonds. The van der Waals surface area contributed by atoms with Crippen molar-refractivity contribution in [2.24, 2.45) is 0 Å². The molecule has 3 rings (SSSR count). The van der Waals surface area contributed by atoms with Gasteiger partial charge in [-0.2, -0.15) is 13.2 Å². The zero-order valence-corrected chi connectivity index (χ0v) is 13.4. The minimum atomic E-state index is -4.60. The third-order valence-electron chi connectivity index (χ3n) is 3.04. The molecule has 0 aliphatic rings. The highest BCUT2D eigenvalue weighted by Gasteiger charge is 2.33. The normalized spacial score (nSPS) is 11.5. The fourth-order valence-electron chi connectivity index (χ4n) is 2.01. The number of amides is 2. The van der Waals surface area contributed by atoms with Crippen LogP contribution in [0.25, 0.3) is 10.2 Å². The van der Waals surface area contributed by atoms with E-state index < -0.39 is 22.8 Å². The minimum absolute atomic E-state index is 0.0228. The van der Waals surface area contributed by atoms with Crippen molar-refractivity contribution >= 4 is 50.0 Å². The van der Waals surface area contributed by atoms with E-state index >= 15 is 0 Å². The highest BCUT2D eigenvalue weighted by molar-refractivity contribution is 7.22. The molecule has 9 heteroatoms. The highest BCUT2D eigenvalue weighted by Crippen LogP contribution is 2.36. The van der Waals surface area contributed by atoms with Crippen molar-refractivity contribution in [3.63, 3.8) is 0 Å². The number of rotatable bonds is 2. The molecule has 1 aromatic heterocycles. The van der Waals surface area contributed by atoms with Crippen molar-refractivity contribution in [1.82, 2.24) is 4.98 Å². The molecule has 2 N–H and O–H groups in total. The first-order chi connectivity index (χ1) is 11.3. The Kier molecular flexibility index (Phi) is 4.33. The molecule has 0 aliphatic carbocycles. The lowest BCUT2D eigenvalue weighted by atomic mass is 10.2. The Morgan fingerprint density at radius 3 is 2.58 bits per heavy atom. The number of alkyl halides is 3. The molecule has 0 saturated heterocycles. The molecule has 0 radical (unpaired) electrons. The lowest BCUT2D eigenvalue weighted by Gasteiger charge is -2.11. The molecule has 1 heterocycles. The predicted octanol–water partition coefficient (Wildman–Crippen LogP) is 5.61. The van der Waals surface area contributed by atoms with Crippen molar-refractivity contribution in [3.8, 4) is 0 Å². The van der Waals surface area contributed by atoms with Gasteiger partial charge in [-0.1, -0.05) is 35.1 Å². The summed E-state index contributed by atoms with van der Waals surface area (Å²) >= 11 is 6.80. The Bertz CT molecular complexity index is 877. The van der Waals surface area contributed by atoms with Crippen LogP contribution in [-0.4, -0.2) is 11.0 Å². The van der Waals surface area contributed by atoms with Crippen LogP contribution in [0.4, 0.5) is 28.8 Å². The van der Waals surface area contributed by atoms with Gasteiger partial charge in [-0.15, -0.1) is 0 Å². The molecule has 124 valence electrons. The van der Waals surface area contributed by atoms with Crippen LogP contribution in [0.1, 0.15) is 5.56 Å². The Hall–Kier alpha value is -2.32. The molecule has 0 atom stereocenters. The van der Waals surface area contributed by atoms with Crippen LogP contribution in [0.5, 0.6) is 0 Å². The van der Waals surface area contributed by atoms with E-state index in [1.807, 2.05) is 18.2 Å². The summed E-state index contributed by atoms with van der Waals surface area (Å²) in [5, 5.41) is 4.74. The van der Waals surface area contributed by atoms with Gasteiger partial charge in [-0.3, -0.25) is 5.32 Å². The Labute approximate surface area is 143 Å². The first-order valence-corrected chi connectivity index (χ1v) is 7.83. The second-order valence-electron chi connectivity index (χ2n) is 4.76. The topological polar surface area (TPSA) is 54.0 Å². The summed E-state index contributed by atoms with van der Waals surface area (Å²) in [6.45, 7) is 0. The van der Waals surface area contributed by atoms with Gasteiger partial charge < -0.3 is 5.32 Å². The fraction of sp³-hybridized carbons (Fsp3) is 0.0667. The van der Waals surface area contributed by atoms with Gasteiger partial charge in [0, 0.05) is 5.69 Å². The number of nitrogens with one attached hydrogen (secondary N) is 2. The third kappa shape index (κ3) is 3.60. The summed E-state index contributed by atoms with van der Waals surface area (Å²) in [6.07, 6.45) is -4.60. The SMILES string of the molecule is O=C(Nc1ccc(Cl)c(C(F)(F)F)c1)Nc1nc2ccccc2s1. The van der Waals surface area contributed by atoms with E-state index in [1.54, 1.807) is 6.07 Å². The number of fused-ring (bicyclic) bond motifs is 1. The van der Waals surface area contributed by atoms with Crippen LogP contribution < -0.4 is 10.6 Å². The molecule has 0 aliphatic heterocycles. The largest absolute Gasteiger partial charge is 0.417 e. The molecular formula is C15H9ClF3N3OS. The van der Waals surface area contributed by atoms with Crippen LogP contribution in [0.15, 0.2) is 42.5 Å². The van der Waals surface area contributed by atoms with Gasteiger partial charge in [0.05, 0.1) is 20.8 Å².